The van der Waals surface area contributed by atoms with Crippen molar-refractivity contribution in [3.63, 3.8) is 0 Å². The van der Waals surface area contributed by atoms with E-state index in [-0.39, 0.29) is 29.2 Å². The summed E-state index contributed by atoms with van der Waals surface area (Å²) in [6.07, 6.45) is 6.76. The maximum atomic E-state index is 12.1. The number of rotatable bonds is 2. The average Bonchev–Trinajstić information content (AvgIpc) is 3.00. The molecule has 4 heterocycles. The van der Waals surface area contributed by atoms with E-state index in [1.807, 2.05) is 6.07 Å². The minimum absolute atomic E-state index is 0.114. The Labute approximate surface area is 164 Å². The molecule has 0 aromatic carbocycles. The molecule has 6 heteroatoms. The fourth-order valence-corrected chi connectivity index (χ4v) is 7.62. The van der Waals surface area contributed by atoms with E-state index in [1.54, 1.807) is 12.5 Å². The highest BCUT2D eigenvalue weighted by atomic mass is 16.7. The molecule has 3 saturated heterocycles. The molecule has 2 bridgehead atoms. The molecule has 0 radical (unpaired) electrons. The molecule has 0 amide bonds. The highest BCUT2D eigenvalue weighted by molar-refractivity contribution is 5.66. The van der Waals surface area contributed by atoms with Crippen molar-refractivity contribution in [3.8, 4) is 0 Å². The molecule has 1 aromatic heterocycles. The summed E-state index contributed by atoms with van der Waals surface area (Å²) in [6.45, 7) is 8.74. The topological polar surface area (TPSA) is 70.4 Å². The Balaban J connectivity index is 1.58. The minimum Gasteiger partial charge on any atom is -0.472 e. The number of fused-ring (bicyclic) bond motifs is 2. The second-order valence-electron chi connectivity index (χ2n) is 10.0. The van der Waals surface area contributed by atoms with Crippen LogP contribution in [0.4, 0.5) is 0 Å². The van der Waals surface area contributed by atoms with Gasteiger partial charge in [0.1, 0.15) is 11.7 Å². The molecule has 5 fully saturated rings. The standard InChI is InChI=1S/C22H28O6/c1-13-9-17(26-14(2)23)20-12-25-21(15-6-8-24-10-15)11-18(13,3)22(20,28-21)7-5-16-19(20,4)27-16/h6,8,10,13,16-17H,5,7,9,11-12H2,1-4H3/t13-,16+,17-,18+,19+,20-,21+,22+/m0/s1. The summed E-state index contributed by atoms with van der Waals surface area (Å²) in [6, 6.07) is 1.94. The van der Waals surface area contributed by atoms with Crippen LogP contribution in [0.2, 0.25) is 0 Å². The molecule has 0 N–H and O–H groups in total. The molecule has 6 rings (SSSR count). The van der Waals surface area contributed by atoms with E-state index in [0.29, 0.717) is 12.5 Å². The van der Waals surface area contributed by atoms with Gasteiger partial charge in [-0.05, 0) is 38.2 Å². The first kappa shape index (κ1) is 17.5. The van der Waals surface area contributed by atoms with Gasteiger partial charge in [0.25, 0.3) is 0 Å². The molecule has 3 aliphatic heterocycles. The van der Waals surface area contributed by atoms with Crippen LogP contribution in [0, 0.1) is 16.7 Å². The zero-order valence-corrected chi connectivity index (χ0v) is 16.9. The summed E-state index contributed by atoms with van der Waals surface area (Å²) < 4.78 is 31.4. The van der Waals surface area contributed by atoms with Crippen molar-refractivity contribution < 1.29 is 28.2 Å². The number of hydrogen-bond donors (Lipinski definition) is 0. The van der Waals surface area contributed by atoms with Gasteiger partial charge in [-0.3, -0.25) is 4.79 Å². The van der Waals surface area contributed by atoms with Crippen molar-refractivity contribution in [1.29, 1.82) is 0 Å². The lowest BCUT2D eigenvalue weighted by molar-refractivity contribution is -0.392. The monoisotopic (exact) mass is 388 g/mol. The van der Waals surface area contributed by atoms with E-state index in [4.69, 9.17) is 23.4 Å². The molecule has 152 valence electrons. The molecule has 2 saturated carbocycles. The average molecular weight is 388 g/mol. The zero-order chi connectivity index (χ0) is 19.6. The number of epoxide rings is 1. The minimum atomic E-state index is -0.803. The maximum Gasteiger partial charge on any atom is 0.302 e. The number of hydrogen-bond acceptors (Lipinski definition) is 6. The van der Waals surface area contributed by atoms with Crippen LogP contribution in [0.5, 0.6) is 0 Å². The van der Waals surface area contributed by atoms with Gasteiger partial charge in [0.2, 0.25) is 0 Å². The van der Waals surface area contributed by atoms with Crippen LogP contribution in [0.3, 0.4) is 0 Å². The van der Waals surface area contributed by atoms with Crippen molar-refractivity contribution in [3.05, 3.63) is 24.2 Å². The molecule has 0 unspecified atom stereocenters. The fourth-order valence-electron chi connectivity index (χ4n) is 7.62. The molecular formula is C22H28O6. The predicted octanol–water partition coefficient (Wildman–Crippen LogP) is 3.54. The van der Waals surface area contributed by atoms with E-state index in [1.165, 1.54) is 6.92 Å². The second kappa shape index (κ2) is 4.85. The van der Waals surface area contributed by atoms with E-state index >= 15 is 0 Å². The van der Waals surface area contributed by atoms with Gasteiger partial charge in [-0.25, -0.2) is 0 Å². The zero-order valence-electron chi connectivity index (χ0n) is 16.9. The van der Waals surface area contributed by atoms with Crippen LogP contribution < -0.4 is 0 Å². The molecular weight excluding hydrogens is 360 g/mol. The Hall–Kier alpha value is -1.37. The van der Waals surface area contributed by atoms with Gasteiger partial charge in [0, 0.05) is 24.3 Å². The molecule has 6 nitrogen and oxygen atoms in total. The normalized spacial score (nSPS) is 55.9. The van der Waals surface area contributed by atoms with Gasteiger partial charge in [-0.1, -0.05) is 13.8 Å². The first-order valence-corrected chi connectivity index (χ1v) is 10.4. The summed E-state index contributed by atoms with van der Waals surface area (Å²) in [4.78, 5) is 12.1. The molecule has 5 aliphatic rings. The largest absolute Gasteiger partial charge is 0.472 e. The maximum absolute atomic E-state index is 12.1. The van der Waals surface area contributed by atoms with Crippen LogP contribution in [0.15, 0.2) is 23.0 Å². The summed E-state index contributed by atoms with van der Waals surface area (Å²) in [7, 11) is 0. The number of furan rings is 1. The first-order valence-electron chi connectivity index (χ1n) is 10.4. The van der Waals surface area contributed by atoms with Crippen LogP contribution in [-0.2, 0) is 29.5 Å². The quantitative estimate of drug-likeness (QED) is 0.570. The lowest BCUT2D eigenvalue weighted by Crippen LogP contribution is -2.77. The van der Waals surface area contributed by atoms with Gasteiger partial charge in [0.05, 0.1) is 36.3 Å². The summed E-state index contributed by atoms with van der Waals surface area (Å²) >= 11 is 0. The van der Waals surface area contributed by atoms with Crippen molar-refractivity contribution in [2.24, 2.45) is 16.7 Å². The first-order chi connectivity index (χ1) is 13.2. The molecule has 28 heavy (non-hydrogen) atoms. The summed E-state index contributed by atoms with van der Waals surface area (Å²) in [5.41, 5.74) is -0.530. The van der Waals surface area contributed by atoms with Crippen LogP contribution in [-0.4, -0.2) is 36.0 Å². The van der Waals surface area contributed by atoms with E-state index in [0.717, 1.165) is 31.2 Å². The van der Waals surface area contributed by atoms with Crippen LogP contribution >= 0.6 is 0 Å². The van der Waals surface area contributed by atoms with Gasteiger partial charge >= 0.3 is 5.97 Å². The fraction of sp³-hybridized carbons (Fsp3) is 0.773. The van der Waals surface area contributed by atoms with Crippen molar-refractivity contribution in [2.45, 2.75) is 82.6 Å². The number of carbonyl (C=O) groups is 1. The molecule has 1 spiro atoms. The van der Waals surface area contributed by atoms with E-state index < -0.39 is 16.8 Å². The predicted molar refractivity (Wildman–Crippen MR) is 97.2 cm³/mol. The van der Waals surface area contributed by atoms with Gasteiger partial charge < -0.3 is 23.4 Å². The lowest BCUT2D eigenvalue weighted by Gasteiger charge is -2.66. The molecule has 8 atom stereocenters. The van der Waals surface area contributed by atoms with Gasteiger partial charge in [-0.2, -0.15) is 0 Å². The van der Waals surface area contributed by atoms with Gasteiger partial charge in [0.15, 0.2) is 5.79 Å². The Morgan fingerprint density at radius 1 is 1.32 bits per heavy atom. The smallest absolute Gasteiger partial charge is 0.302 e. The van der Waals surface area contributed by atoms with E-state index in [2.05, 4.69) is 20.8 Å². The third-order valence-corrected chi connectivity index (χ3v) is 9.18. The SMILES string of the molecule is CC(=O)O[C@H]1C[C@H](C)[C@@]2(C)C[C@@]3(c4ccoc4)OC[C@]14[C@]2(CC[C@H]1O[C@]14C)O3. The summed E-state index contributed by atoms with van der Waals surface area (Å²) in [5, 5.41) is 0. The lowest BCUT2D eigenvalue weighted by atomic mass is 9.41. The van der Waals surface area contributed by atoms with Crippen molar-refractivity contribution in [1.82, 2.24) is 0 Å². The Morgan fingerprint density at radius 2 is 2.14 bits per heavy atom. The highest BCUT2D eigenvalue weighted by Crippen LogP contribution is 2.80. The Morgan fingerprint density at radius 3 is 2.86 bits per heavy atom. The highest BCUT2D eigenvalue weighted by Gasteiger charge is 2.89. The van der Waals surface area contributed by atoms with Gasteiger partial charge in [-0.15, -0.1) is 0 Å². The Bertz CT molecular complexity index is 851. The summed E-state index contributed by atoms with van der Waals surface area (Å²) in [5.74, 6) is -0.733. The van der Waals surface area contributed by atoms with Crippen molar-refractivity contribution >= 4 is 5.97 Å². The van der Waals surface area contributed by atoms with E-state index in [9.17, 15) is 4.79 Å². The molecule has 1 aromatic rings. The second-order valence-corrected chi connectivity index (χ2v) is 10.0. The molecule has 2 aliphatic carbocycles. The third-order valence-electron chi connectivity index (χ3n) is 9.18. The number of ether oxygens (including phenoxy) is 4. The Kier molecular flexibility index (Phi) is 3.03. The third kappa shape index (κ3) is 1.60. The van der Waals surface area contributed by atoms with Crippen molar-refractivity contribution in [2.75, 3.05) is 6.61 Å². The number of carbonyl (C=O) groups excluding carboxylic acids is 1. The van der Waals surface area contributed by atoms with Crippen LogP contribution in [0.25, 0.3) is 0 Å². The number of esters is 1. The van der Waals surface area contributed by atoms with Crippen LogP contribution in [0.1, 0.15) is 58.9 Å².